The van der Waals surface area contributed by atoms with Gasteiger partial charge in [-0.3, -0.25) is 0 Å². The number of rotatable bonds is 2. The average Bonchev–Trinajstić information content (AvgIpc) is 2.98. The number of hydrogen-bond donors (Lipinski definition) is 1. The van der Waals surface area contributed by atoms with Crippen LogP contribution < -0.4 is 0 Å². The zero-order chi connectivity index (χ0) is 11.1. The summed E-state index contributed by atoms with van der Waals surface area (Å²) in [5.41, 5.74) is -0.309. The summed E-state index contributed by atoms with van der Waals surface area (Å²) in [4.78, 5) is 0. The Morgan fingerprint density at radius 1 is 1.27 bits per heavy atom. The number of halogens is 3. The number of aliphatic hydroxyl groups is 1. The average molecular weight is 216 g/mol. The predicted octanol–water partition coefficient (Wildman–Crippen LogP) is 3.08. The third kappa shape index (κ3) is 2.00. The summed E-state index contributed by atoms with van der Waals surface area (Å²) >= 11 is 0. The van der Waals surface area contributed by atoms with Gasteiger partial charge in [0.05, 0.1) is 12.2 Å². The molecule has 1 aromatic carbocycles. The molecule has 2 rings (SSSR count). The summed E-state index contributed by atoms with van der Waals surface area (Å²) in [5, 5.41) is 8.91. The third-order valence-electron chi connectivity index (χ3n) is 2.65. The van der Waals surface area contributed by atoms with Crippen LogP contribution in [-0.4, -0.2) is 5.11 Å². The highest BCUT2D eigenvalue weighted by molar-refractivity contribution is 5.41. The quantitative estimate of drug-likeness (QED) is 0.805. The molecule has 0 bridgehead atoms. The van der Waals surface area contributed by atoms with Crippen molar-refractivity contribution in [3.8, 4) is 0 Å². The maximum Gasteiger partial charge on any atom is 0.417 e. The van der Waals surface area contributed by atoms with E-state index >= 15 is 0 Å². The molecular formula is C11H11F3O. The zero-order valence-electron chi connectivity index (χ0n) is 8.01. The molecule has 1 saturated carbocycles. The van der Waals surface area contributed by atoms with E-state index in [1.807, 2.05) is 0 Å². The number of aliphatic hydroxyl groups excluding tert-OH is 1. The van der Waals surface area contributed by atoms with E-state index in [4.69, 9.17) is 5.11 Å². The fourth-order valence-electron chi connectivity index (χ4n) is 1.83. The minimum absolute atomic E-state index is 0.0214. The van der Waals surface area contributed by atoms with Gasteiger partial charge in [0.2, 0.25) is 0 Å². The van der Waals surface area contributed by atoms with E-state index in [-0.39, 0.29) is 11.5 Å². The number of benzene rings is 1. The van der Waals surface area contributed by atoms with Crippen LogP contribution >= 0.6 is 0 Å². The molecule has 0 radical (unpaired) electrons. The van der Waals surface area contributed by atoms with E-state index in [9.17, 15) is 13.2 Å². The number of hydrogen-bond acceptors (Lipinski definition) is 1. The van der Waals surface area contributed by atoms with Gasteiger partial charge < -0.3 is 5.11 Å². The Morgan fingerprint density at radius 2 is 1.93 bits per heavy atom. The zero-order valence-corrected chi connectivity index (χ0v) is 8.01. The van der Waals surface area contributed by atoms with Gasteiger partial charge in [-0.05, 0) is 29.9 Å². The molecule has 0 atom stereocenters. The predicted molar refractivity (Wildman–Crippen MR) is 49.3 cm³/mol. The van der Waals surface area contributed by atoms with Crippen molar-refractivity contribution in [2.45, 2.75) is 31.5 Å². The van der Waals surface area contributed by atoms with Crippen LogP contribution in [0.15, 0.2) is 18.2 Å². The lowest BCUT2D eigenvalue weighted by atomic mass is 9.97. The molecule has 82 valence electrons. The highest BCUT2D eigenvalue weighted by atomic mass is 19.4. The van der Waals surface area contributed by atoms with Crippen molar-refractivity contribution in [2.24, 2.45) is 0 Å². The normalized spacial score (nSPS) is 16.8. The van der Waals surface area contributed by atoms with Gasteiger partial charge in [-0.2, -0.15) is 13.2 Å². The summed E-state index contributed by atoms with van der Waals surface area (Å²) < 4.78 is 38.3. The van der Waals surface area contributed by atoms with Gasteiger partial charge in [0, 0.05) is 0 Å². The second-order valence-electron chi connectivity index (χ2n) is 3.81. The van der Waals surface area contributed by atoms with E-state index in [2.05, 4.69) is 0 Å². The highest BCUT2D eigenvalue weighted by Crippen LogP contribution is 2.46. The monoisotopic (exact) mass is 216 g/mol. The first-order chi connectivity index (χ1) is 7.04. The standard InChI is InChI=1S/C11H11F3O/c12-11(13,14)10-8(6-15)2-1-3-9(10)7-4-5-7/h1-3,7,15H,4-6H2. The lowest BCUT2D eigenvalue weighted by molar-refractivity contribution is -0.139. The Balaban J connectivity index is 2.54. The maximum atomic E-state index is 12.8. The first-order valence-electron chi connectivity index (χ1n) is 4.84. The number of alkyl halides is 3. The molecule has 0 heterocycles. The molecule has 1 aliphatic rings. The van der Waals surface area contributed by atoms with Gasteiger partial charge in [0.1, 0.15) is 0 Å². The maximum absolute atomic E-state index is 12.8. The molecule has 15 heavy (non-hydrogen) atoms. The SMILES string of the molecule is OCc1cccc(C2CC2)c1C(F)(F)F. The van der Waals surface area contributed by atoms with E-state index in [0.29, 0.717) is 5.56 Å². The molecule has 1 aliphatic carbocycles. The Bertz CT molecular complexity index is 367. The molecule has 1 fully saturated rings. The lowest BCUT2D eigenvalue weighted by Gasteiger charge is -2.15. The van der Waals surface area contributed by atoms with Gasteiger partial charge in [-0.15, -0.1) is 0 Å². The summed E-state index contributed by atoms with van der Waals surface area (Å²) in [5.74, 6) is 0.0353. The molecule has 1 nitrogen and oxygen atoms in total. The summed E-state index contributed by atoms with van der Waals surface area (Å²) in [6, 6.07) is 4.42. The van der Waals surface area contributed by atoms with Crippen molar-refractivity contribution in [3.63, 3.8) is 0 Å². The van der Waals surface area contributed by atoms with Crippen LogP contribution in [0.4, 0.5) is 13.2 Å². The van der Waals surface area contributed by atoms with Crippen molar-refractivity contribution in [3.05, 3.63) is 34.9 Å². The first-order valence-corrected chi connectivity index (χ1v) is 4.84. The third-order valence-corrected chi connectivity index (χ3v) is 2.65. The van der Waals surface area contributed by atoms with Gasteiger partial charge in [0.15, 0.2) is 0 Å². The fourth-order valence-corrected chi connectivity index (χ4v) is 1.83. The van der Waals surface area contributed by atoms with Crippen LogP contribution in [0.2, 0.25) is 0 Å². The minimum atomic E-state index is -4.36. The Kier molecular flexibility index (Phi) is 2.46. The molecule has 0 aliphatic heterocycles. The second kappa shape index (κ2) is 3.52. The topological polar surface area (TPSA) is 20.2 Å². The molecule has 0 saturated heterocycles. The molecule has 0 spiro atoms. The van der Waals surface area contributed by atoms with E-state index < -0.39 is 18.3 Å². The smallest absolute Gasteiger partial charge is 0.392 e. The van der Waals surface area contributed by atoms with Crippen molar-refractivity contribution >= 4 is 0 Å². The van der Waals surface area contributed by atoms with Gasteiger partial charge >= 0.3 is 6.18 Å². The Labute approximate surface area is 85.5 Å². The Hall–Kier alpha value is -1.03. The molecular weight excluding hydrogens is 205 g/mol. The van der Waals surface area contributed by atoms with Gasteiger partial charge in [-0.1, -0.05) is 18.2 Å². The van der Waals surface area contributed by atoms with Crippen molar-refractivity contribution in [2.75, 3.05) is 0 Å². The Morgan fingerprint density at radius 3 is 2.40 bits per heavy atom. The second-order valence-corrected chi connectivity index (χ2v) is 3.81. The summed E-state index contributed by atoms with van der Waals surface area (Å²) in [6.07, 6.45) is -2.73. The molecule has 1 aromatic rings. The van der Waals surface area contributed by atoms with Crippen molar-refractivity contribution in [1.29, 1.82) is 0 Å². The summed E-state index contributed by atoms with van der Waals surface area (Å²) in [7, 11) is 0. The van der Waals surface area contributed by atoms with Crippen LogP contribution in [0.5, 0.6) is 0 Å². The van der Waals surface area contributed by atoms with Crippen LogP contribution in [0.3, 0.4) is 0 Å². The minimum Gasteiger partial charge on any atom is -0.392 e. The van der Waals surface area contributed by atoms with Gasteiger partial charge in [-0.25, -0.2) is 0 Å². The van der Waals surface area contributed by atoms with Crippen LogP contribution in [0.1, 0.15) is 35.4 Å². The largest absolute Gasteiger partial charge is 0.417 e. The lowest BCUT2D eigenvalue weighted by Crippen LogP contribution is -2.12. The van der Waals surface area contributed by atoms with Crippen molar-refractivity contribution < 1.29 is 18.3 Å². The van der Waals surface area contributed by atoms with Crippen molar-refractivity contribution in [1.82, 2.24) is 0 Å². The van der Waals surface area contributed by atoms with E-state index in [1.54, 1.807) is 6.07 Å². The molecule has 0 unspecified atom stereocenters. The molecule has 1 N–H and O–H groups in total. The summed E-state index contributed by atoms with van der Waals surface area (Å²) in [6.45, 7) is -0.560. The van der Waals surface area contributed by atoms with Gasteiger partial charge in [0.25, 0.3) is 0 Å². The van der Waals surface area contributed by atoms with Crippen LogP contribution in [0, 0.1) is 0 Å². The molecule has 0 amide bonds. The van der Waals surface area contributed by atoms with Crippen LogP contribution in [0.25, 0.3) is 0 Å². The molecule has 0 aromatic heterocycles. The molecule has 4 heteroatoms. The van der Waals surface area contributed by atoms with E-state index in [1.165, 1.54) is 12.1 Å². The first kappa shape index (κ1) is 10.5. The highest BCUT2D eigenvalue weighted by Gasteiger charge is 2.39. The fraction of sp³-hybridized carbons (Fsp3) is 0.455. The van der Waals surface area contributed by atoms with Crippen LogP contribution in [-0.2, 0) is 12.8 Å². The van der Waals surface area contributed by atoms with E-state index in [0.717, 1.165) is 12.8 Å².